The van der Waals surface area contributed by atoms with E-state index in [0.717, 1.165) is 5.71 Å². The summed E-state index contributed by atoms with van der Waals surface area (Å²) in [6, 6.07) is 4.74. The third-order valence-electron chi connectivity index (χ3n) is 2.61. The average molecular weight is 318 g/mol. The van der Waals surface area contributed by atoms with Crippen molar-refractivity contribution in [2.24, 2.45) is 10.6 Å². The van der Waals surface area contributed by atoms with Crippen LogP contribution in [0.5, 0.6) is 5.75 Å². The molecule has 0 aromatic heterocycles. The van der Waals surface area contributed by atoms with Crippen molar-refractivity contribution in [1.29, 1.82) is 0 Å². The Morgan fingerprint density at radius 3 is 2.50 bits per heavy atom. The number of benzene rings is 1. The van der Waals surface area contributed by atoms with Crippen molar-refractivity contribution in [3.8, 4) is 5.75 Å². The van der Waals surface area contributed by atoms with Gasteiger partial charge in [0, 0.05) is 10.4 Å². The highest BCUT2D eigenvalue weighted by atomic mass is 35.5. The molecule has 0 bridgehead atoms. The first-order valence-corrected chi connectivity index (χ1v) is 6.78. The lowest BCUT2D eigenvalue weighted by atomic mass is 9.91. The quantitative estimate of drug-likeness (QED) is 0.471. The molecule has 6 heteroatoms. The van der Waals surface area contributed by atoms with E-state index < -0.39 is 5.97 Å². The van der Waals surface area contributed by atoms with Gasteiger partial charge in [0.2, 0.25) is 0 Å². The van der Waals surface area contributed by atoms with Crippen molar-refractivity contribution in [1.82, 2.24) is 0 Å². The molecule has 0 aliphatic carbocycles. The third-order valence-corrected chi connectivity index (χ3v) is 3.14. The largest absolute Gasteiger partial charge is 0.480 e. The molecule has 0 radical (unpaired) electrons. The summed E-state index contributed by atoms with van der Waals surface area (Å²) in [5.41, 5.74) is 0.566. The van der Waals surface area contributed by atoms with Gasteiger partial charge in [-0.2, -0.15) is 0 Å². The smallest absolute Gasteiger partial charge is 0.372 e. The lowest BCUT2D eigenvalue weighted by Crippen LogP contribution is -2.19. The van der Waals surface area contributed by atoms with E-state index in [1.54, 1.807) is 19.1 Å². The van der Waals surface area contributed by atoms with E-state index in [-0.39, 0.29) is 12.0 Å². The first-order chi connectivity index (χ1) is 9.20. The minimum absolute atomic E-state index is 0.152. The molecule has 0 heterocycles. The summed E-state index contributed by atoms with van der Waals surface area (Å²) < 4.78 is 5.24. The van der Waals surface area contributed by atoms with Gasteiger partial charge < -0.3 is 9.57 Å². The van der Waals surface area contributed by atoms with Crippen molar-refractivity contribution in [3.63, 3.8) is 0 Å². The Balaban J connectivity index is 2.52. The predicted molar refractivity (Wildman–Crippen MR) is 80.6 cm³/mol. The Hall–Kier alpha value is -1.26. The van der Waals surface area contributed by atoms with Crippen LogP contribution in [0.25, 0.3) is 0 Å². The maximum absolute atomic E-state index is 11.5. The van der Waals surface area contributed by atoms with Gasteiger partial charge in [-0.05, 0) is 25.1 Å². The molecule has 0 aliphatic heterocycles. The van der Waals surface area contributed by atoms with Gasteiger partial charge in [-0.25, -0.2) is 4.79 Å². The summed E-state index contributed by atoms with van der Waals surface area (Å²) in [6.45, 7) is 7.45. The number of hydrogen-bond acceptors (Lipinski definition) is 4. The fraction of sp³-hybridized carbons (Fsp3) is 0.429. The highest BCUT2D eigenvalue weighted by molar-refractivity contribution is 6.35. The van der Waals surface area contributed by atoms with Crippen molar-refractivity contribution >= 4 is 34.9 Å². The monoisotopic (exact) mass is 317 g/mol. The zero-order chi connectivity index (χ0) is 15.3. The van der Waals surface area contributed by atoms with Gasteiger partial charge in [-0.15, -0.1) is 0 Å². The van der Waals surface area contributed by atoms with Crippen LogP contribution in [0.2, 0.25) is 10.0 Å². The molecule has 4 nitrogen and oxygen atoms in total. The van der Waals surface area contributed by atoms with Gasteiger partial charge in [0.1, 0.15) is 5.75 Å². The number of carbonyl (C=O) groups excluding carboxylic acids is 1. The van der Waals surface area contributed by atoms with Crippen molar-refractivity contribution in [2.45, 2.75) is 27.7 Å². The van der Waals surface area contributed by atoms with Crippen LogP contribution in [-0.2, 0) is 9.63 Å². The Morgan fingerprint density at radius 2 is 1.95 bits per heavy atom. The van der Waals surface area contributed by atoms with E-state index in [9.17, 15) is 4.79 Å². The maximum atomic E-state index is 11.5. The van der Waals surface area contributed by atoms with Gasteiger partial charge in [0.25, 0.3) is 0 Å². The number of hydrogen-bond donors (Lipinski definition) is 0. The highest BCUT2D eigenvalue weighted by Crippen LogP contribution is 2.27. The van der Waals surface area contributed by atoms with Crippen LogP contribution in [0.4, 0.5) is 0 Å². The summed E-state index contributed by atoms with van der Waals surface area (Å²) in [7, 11) is 0. The minimum Gasteiger partial charge on any atom is -0.480 e. The van der Waals surface area contributed by atoms with Gasteiger partial charge >= 0.3 is 5.97 Å². The number of oxime groups is 1. The summed E-state index contributed by atoms with van der Waals surface area (Å²) in [5.74, 6) is -0.232. The highest BCUT2D eigenvalue weighted by Gasteiger charge is 2.16. The van der Waals surface area contributed by atoms with E-state index in [2.05, 4.69) is 5.16 Å². The van der Waals surface area contributed by atoms with Gasteiger partial charge in [0.05, 0.1) is 10.7 Å². The molecule has 0 saturated heterocycles. The van der Waals surface area contributed by atoms with Crippen LogP contribution in [-0.4, -0.2) is 18.3 Å². The zero-order valence-electron chi connectivity index (χ0n) is 11.9. The standard InChI is InChI=1S/C14H17Cl2NO3/c1-9(14(2,3)4)17-20-13(18)8-19-12-6-5-10(15)7-11(12)16/h5-7H,8H2,1-4H3/b17-9+. The minimum atomic E-state index is -0.598. The summed E-state index contributed by atoms with van der Waals surface area (Å²) in [4.78, 5) is 16.3. The molecular weight excluding hydrogens is 301 g/mol. The second-order valence-electron chi connectivity index (χ2n) is 5.25. The van der Waals surface area contributed by atoms with Crippen LogP contribution in [0.1, 0.15) is 27.7 Å². The van der Waals surface area contributed by atoms with Gasteiger partial charge in [0.15, 0.2) is 6.61 Å². The Bertz CT molecular complexity index is 522. The molecule has 1 rings (SSSR count). The van der Waals surface area contributed by atoms with Crippen molar-refractivity contribution in [2.75, 3.05) is 6.61 Å². The lowest BCUT2D eigenvalue weighted by molar-refractivity contribution is -0.146. The van der Waals surface area contributed by atoms with Crippen molar-refractivity contribution < 1.29 is 14.4 Å². The first kappa shape index (κ1) is 16.8. The van der Waals surface area contributed by atoms with E-state index in [1.807, 2.05) is 20.8 Å². The molecule has 0 unspecified atom stereocenters. The number of carbonyl (C=O) groups is 1. The molecule has 20 heavy (non-hydrogen) atoms. The zero-order valence-corrected chi connectivity index (χ0v) is 13.4. The molecule has 0 N–H and O–H groups in total. The van der Waals surface area contributed by atoms with Crippen LogP contribution in [0.15, 0.2) is 23.4 Å². The predicted octanol–water partition coefficient (Wildman–Crippen LogP) is 4.34. The van der Waals surface area contributed by atoms with E-state index >= 15 is 0 Å². The Kier molecular flexibility index (Phi) is 5.84. The molecule has 1 aromatic rings. The van der Waals surface area contributed by atoms with Crippen molar-refractivity contribution in [3.05, 3.63) is 28.2 Å². The van der Waals surface area contributed by atoms with Crippen LogP contribution in [0, 0.1) is 5.41 Å². The molecule has 0 aliphatic rings. The second-order valence-corrected chi connectivity index (χ2v) is 6.10. The van der Waals surface area contributed by atoms with Gasteiger partial charge in [-0.3, -0.25) is 0 Å². The van der Waals surface area contributed by atoms with Crippen LogP contribution < -0.4 is 4.74 Å². The van der Waals surface area contributed by atoms with E-state index in [0.29, 0.717) is 15.8 Å². The summed E-state index contributed by atoms with van der Waals surface area (Å²) in [6.07, 6.45) is 0. The van der Waals surface area contributed by atoms with Crippen LogP contribution in [0.3, 0.4) is 0 Å². The first-order valence-electron chi connectivity index (χ1n) is 6.03. The fourth-order valence-corrected chi connectivity index (χ4v) is 1.47. The Morgan fingerprint density at radius 1 is 1.30 bits per heavy atom. The maximum Gasteiger partial charge on any atom is 0.372 e. The third kappa shape index (κ3) is 5.39. The number of rotatable bonds is 4. The normalized spacial score (nSPS) is 12.2. The molecule has 0 saturated carbocycles. The summed E-state index contributed by atoms with van der Waals surface area (Å²) >= 11 is 11.7. The number of ether oxygens (including phenoxy) is 1. The lowest BCUT2D eigenvalue weighted by Gasteiger charge is -2.16. The molecular formula is C14H17Cl2NO3. The molecule has 0 fully saturated rings. The number of halogens is 2. The van der Waals surface area contributed by atoms with E-state index in [1.165, 1.54) is 6.07 Å². The molecule has 0 amide bonds. The van der Waals surface area contributed by atoms with Crippen LogP contribution >= 0.6 is 23.2 Å². The molecule has 110 valence electrons. The second kappa shape index (κ2) is 6.95. The fourth-order valence-electron chi connectivity index (χ4n) is 1.01. The molecule has 1 aromatic carbocycles. The topological polar surface area (TPSA) is 47.9 Å². The summed E-state index contributed by atoms with van der Waals surface area (Å²) in [5, 5.41) is 4.61. The Labute approximate surface area is 128 Å². The SMILES string of the molecule is C/C(=N\OC(=O)COc1ccc(Cl)cc1Cl)C(C)(C)C. The number of nitrogens with zero attached hydrogens (tertiary/aromatic N) is 1. The molecule has 0 spiro atoms. The average Bonchev–Trinajstić information content (AvgIpc) is 2.33. The van der Waals surface area contributed by atoms with E-state index in [4.69, 9.17) is 32.8 Å². The molecule has 0 atom stereocenters. The van der Waals surface area contributed by atoms with Gasteiger partial charge in [-0.1, -0.05) is 49.1 Å².